The average molecular weight is 360 g/mol. The molecule has 0 aliphatic carbocycles. The van der Waals surface area contributed by atoms with Crippen molar-refractivity contribution < 1.29 is 32.8 Å². The Balaban J connectivity index is 0. The Morgan fingerprint density at radius 1 is 1.04 bits per heavy atom. The summed E-state index contributed by atoms with van der Waals surface area (Å²) in [7, 11) is -4.27. The SMILES string of the molecule is CCCC.Cc1ccc(S(=O)(=O)[O-])cc1.NCC(C(=O)[O-])C(=O)[O-]. The van der Waals surface area contributed by atoms with Crippen molar-refractivity contribution in [2.75, 3.05) is 6.54 Å². The largest absolute Gasteiger partial charge is 0.744 e. The first-order valence-corrected chi connectivity index (χ1v) is 8.56. The van der Waals surface area contributed by atoms with E-state index in [0.717, 1.165) is 5.56 Å². The van der Waals surface area contributed by atoms with Gasteiger partial charge in [-0.05, 0) is 19.1 Å². The van der Waals surface area contributed by atoms with E-state index in [-0.39, 0.29) is 4.90 Å². The first-order chi connectivity index (χ1) is 11.0. The van der Waals surface area contributed by atoms with Crippen LogP contribution in [0.5, 0.6) is 0 Å². The highest BCUT2D eigenvalue weighted by molar-refractivity contribution is 7.85. The zero-order valence-electron chi connectivity index (χ0n) is 13.9. The fraction of sp³-hybridized carbons (Fsp3) is 0.467. The maximum Gasteiger partial charge on any atom is 0.124 e. The van der Waals surface area contributed by atoms with Crippen molar-refractivity contribution in [3.8, 4) is 0 Å². The normalized spacial score (nSPS) is 10.1. The molecule has 0 saturated carbocycles. The van der Waals surface area contributed by atoms with Crippen LogP contribution in [0.4, 0.5) is 0 Å². The topological polar surface area (TPSA) is 163 Å². The quantitative estimate of drug-likeness (QED) is 0.503. The first kappa shape index (κ1) is 24.3. The molecule has 0 saturated heterocycles. The van der Waals surface area contributed by atoms with Crippen LogP contribution in [0.25, 0.3) is 0 Å². The molecule has 0 fully saturated rings. The Labute approximate surface area is 142 Å². The second-order valence-corrected chi connectivity index (χ2v) is 6.07. The number of unbranched alkanes of at least 4 members (excludes halogenated alkanes) is 1. The number of carbonyl (C=O) groups excluding carboxylic acids is 2. The molecule has 0 aliphatic rings. The van der Waals surface area contributed by atoms with Gasteiger partial charge in [0.25, 0.3) is 0 Å². The molecule has 0 bridgehead atoms. The highest BCUT2D eigenvalue weighted by atomic mass is 32.2. The van der Waals surface area contributed by atoms with Gasteiger partial charge >= 0.3 is 0 Å². The first-order valence-electron chi connectivity index (χ1n) is 7.15. The summed E-state index contributed by atoms with van der Waals surface area (Å²) in [5, 5.41) is 19.5. The Hall–Kier alpha value is -1.97. The lowest BCUT2D eigenvalue weighted by Crippen LogP contribution is -2.46. The summed E-state index contributed by atoms with van der Waals surface area (Å²) in [4.78, 5) is 19.3. The Morgan fingerprint density at radius 2 is 1.42 bits per heavy atom. The van der Waals surface area contributed by atoms with E-state index in [1.54, 1.807) is 12.1 Å². The Kier molecular flexibility index (Phi) is 12.6. The molecule has 0 radical (unpaired) electrons. The maximum atomic E-state index is 10.4. The predicted octanol–water partition coefficient (Wildman–Crippen LogP) is -1.23. The fourth-order valence-electron chi connectivity index (χ4n) is 0.994. The summed E-state index contributed by atoms with van der Waals surface area (Å²) < 4.78 is 31.2. The minimum absolute atomic E-state index is 0.178. The summed E-state index contributed by atoms with van der Waals surface area (Å²) in [6, 6.07) is 5.78. The van der Waals surface area contributed by atoms with Crippen molar-refractivity contribution in [2.45, 2.75) is 38.5 Å². The average Bonchev–Trinajstić information content (AvgIpc) is 2.47. The van der Waals surface area contributed by atoms with Gasteiger partial charge in [0.1, 0.15) is 10.1 Å². The van der Waals surface area contributed by atoms with E-state index >= 15 is 0 Å². The third kappa shape index (κ3) is 11.6. The highest BCUT2D eigenvalue weighted by Gasteiger charge is 2.06. The zero-order valence-corrected chi connectivity index (χ0v) is 14.7. The molecule has 0 aliphatic heterocycles. The molecule has 1 rings (SSSR count). The van der Waals surface area contributed by atoms with Gasteiger partial charge in [-0.2, -0.15) is 0 Å². The number of hydrogen-bond acceptors (Lipinski definition) is 8. The summed E-state index contributed by atoms with van der Waals surface area (Å²) in [6.45, 7) is 5.69. The van der Waals surface area contributed by atoms with Crippen LogP contribution in [0, 0.1) is 12.8 Å². The fourth-order valence-corrected chi connectivity index (χ4v) is 1.46. The number of benzene rings is 1. The minimum atomic E-state index is -4.27. The van der Waals surface area contributed by atoms with E-state index in [1.165, 1.54) is 25.0 Å². The molecule has 0 aromatic heterocycles. The van der Waals surface area contributed by atoms with Gasteiger partial charge in [0.05, 0.1) is 22.8 Å². The molecule has 0 unspecified atom stereocenters. The van der Waals surface area contributed by atoms with Gasteiger partial charge in [-0.1, -0.05) is 44.4 Å². The third-order valence-corrected chi connectivity index (χ3v) is 3.46. The number of rotatable bonds is 5. The summed E-state index contributed by atoms with van der Waals surface area (Å²) in [5.41, 5.74) is 5.66. The van der Waals surface area contributed by atoms with Gasteiger partial charge in [-0.15, -0.1) is 0 Å². The van der Waals surface area contributed by atoms with Gasteiger partial charge in [-0.25, -0.2) is 8.42 Å². The minimum Gasteiger partial charge on any atom is -0.744 e. The number of aryl methyl sites for hydroxylation is 1. The molecule has 1 aromatic carbocycles. The van der Waals surface area contributed by atoms with Gasteiger partial charge in [-0.3, -0.25) is 0 Å². The number of aliphatic carboxylic acids is 2. The summed E-state index contributed by atoms with van der Waals surface area (Å²) >= 11 is 0. The van der Waals surface area contributed by atoms with Gasteiger partial charge in [0.15, 0.2) is 0 Å². The molecule has 0 spiro atoms. The highest BCUT2D eigenvalue weighted by Crippen LogP contribution is 2.08. The number of carbonyl (C=O) groups is 2. The van der Waals surface area contributed by atoms with E-state index in [2.05, 4.69) is 13.8 Å². The lowest BCUT2D eigenvalue weighted by Gasteiger charge is -2.15. The smallest absolute Gasteiger partial charge is 0.124 e. The van der Waals surface area contributed by atoms with Crippen molar-refractivity contribution in [1.29, 1.82) is 0 Å². The van der Waals surface area contributed by atoms with Crippen molar-refractivity contribution in [2.24, 2.45) is 11.7 Å². The molecule has 0 atom stereocenters. The van der Waals surface area contributed by atoms with E-state index in [9.17, 15) is 32.8 Å². The Morgan fingerprint density at radius 3 is 1.58 bits per heavy atom. The van der Waals surface area contributed by atoms with Crippen LogP contribution in [0.3, 0.4) is 0 Å². The van der Waals surface area contributed by atoms with Crippen LogP contribution < -0.4 is 15.9 Å². The standard InChI is InChI=1S/C7H8O3S.C4H7NO4.C4H10/c1-6-2-4-7(5-3-6)11(8,9)10;5-1-2(3(6)7)4(8)9;1-3-4-2/h2-5H,1H3,(H,8,9,10);2H,1,5H2,(H,6,7)(H,8,9);3-4H2,1-2H3/p-3. The van der Waals surface area contributed by atoms with Crippen LogP contribution in [-0.2, 0) is 19.7 Å². The van der Waals surface area contributed by atoms with Crippen LogP contribution in [0.1, 0.15) is 32.3 Å². The van der Waals surface area contributed by atoms with Gasteiger partial charge in [0.2, 0.25) is 0 Å². The molecular weight excluding hydrogens is 338 g/mol. The lowest BCUT2D eigenvalue weighted by molar-refractivity contribution is -0.331. The van der Waals surface area contributed by atoms with Gasteiger partial charge < -0.3 is 30.1 Å². The van der Waals surface area contributed by atoms with Crippen molar-refractivity contribution in [1.82, 2.24) is 0 Å². The predicted molar refractivity (Wildman–Crippen MR) is 82.3 cm³/mol. The van der Waals surface area contributed by atoms with Crippen LogP contribution in [-0.4, -0.2) is 31.5 Å². The van der Waals surface area contributed by atoms with E-state index < -0.39 is 34.5 Å². The second-order valence-electron chi connectivity index (χ2n) is 4.69. The monoisotopic (exact) mass is 360 g/mol. The van der Waals surface area contributed by atoms with E-state index in [1.807, 2.05) is 6.92 Å². The molecule has 1 aromatic rings. The maximum absolute atomic E-state index is 10.4. The molecule has 8 nitrogen and oxygen atoms in total. The molecule has 0 amide bonds. The van der Waals surface area contributed by atoms with E-state index in [4.69, 9.17) is 5.73 Å². The van der Waals surface area contributed by atoms with Crippen molar-refractivity contribution in [3.63, 3.8) is 0 Å². The molecule has 24 heavy (non-hydrogen) atoms. The van der Waals surface area contributed by atoms with Crippen molar-refractivity contribution >= 4 is 22.1 Å². The molecule has 138 valence electrons. The van der Waals surface area contributed by atoms with Crippen molar-refractivity contribution in [3.05, 3.63) is 29.8 Å². The third-order valence-electron chi connectivity index (χ3n) is 2.61. The number of hydrogen-bond donors (Lipinski definition) is 1. The number of nitrogens with two attached hydrogens (primary N) is 1. The number of carboxylic acid groups (broad SMARTS) is 2. The molecule has 0 heterocycles. The molecular formula is C15H22NO7S-3. The lowest BCUT2D eigenvalue weighted by atomic mass is 10.1. The van der Waals surface area contributed by atoms with Gasteiger partial charge in [0, 0.05) is 6.54 Å². The summed E-state index contributed by atoms with van der Waals surface area (Å²) in [5.74, 6) is -5.11. The van der Waals surface area contributed by atoms with Crippen LogP contribution in [0.2, 0.25) is 0 Å². The molecule has 9 heteroatoms. The number of carboxylic acids is 2. The van der Waals surface area contributed by atoms with Crippen LogP contribution in [0.15, 0.2) is 29.2 Å². The zero-order chi connectivity index (χ0) is 19.3. The Bertz CT molecular complexity index is 581. The van der Waals surface area contributed by atoms with E-state index in [0.29, 0.717) is 0 Å². The van der Waals surface area contributed by atoms with Crippen LogP contribution >= 0.6 is 0 Å². The second kappa shape index (κ2) is 12.5. The molecule has 2 N–H and O–H groups in total. The summed E-state index contributed by atoms with van der Waals surface area (Å²) in [6.07, 6.45) is 2.64.